The van der Waals surface area contributed by atoms with E-state index in [4.69, 9.17) is 44.9 Å². The summed E-state index contributed by atoms with van der Waals surface area (Å²) in [6.07, 6.45) is 1.65. The number of thioether (sulfide) groups is 1. The monoisotopic (exact) mass is 560 g/mol. The van der Waals surface area contributed by atoms with Gasteiger partial charge in [-0.25, -0.2) is 0 Å². The van der Waals surface area contributed by atoms with Crippen molar-refractivity contribution in [2.45, 2.75) is 13.5 Å². The molecule has 1 saturated heterocycles. The molecule has 11 heteroatoms. The van der Waals surface area contributed by atoms with Crippen molar-refractivity contribution in [1.29, 1.82) is 0 Å². The van der Waals surface area contributed by atoms with Crippen LogP contribution in [0.1, 0.15) is 18.1 Å². The Hall–Kier alpha value is -3.11. The van der Waals surface area contributed by atoms with Gasteiger partial charge in [-0.05, 0) is 54.5 Å². The number of halogens is 2. The summed E-state index contributed by atoms with van der Waals surface area (Å²) < 4.78 is 12.0. The molecule has 1 heterocycles. The third-order valence-corrected chi connectivity index (χ3v) is 6.85. The lowest BCUT2D eigenvalue weighted by Gasteiger charge is -2.15. The summed E-state index contributed by atoms with van der Waals surface area (Å²) >= 11 is 19.0. The molecule has 1 amide bonds. The molecule has 0 aromatic heterocycles. The molecule has 0 aliphatic carbocycles. The molecule has 0 N–H and O–H groups in total. The minimum atomic E-state index is -0.523. The second-order valence-electron chi connectivity index (χ2n) is 7.47. The second kappa shape index (κ2) is 11.3. The number of hydrogen-bond acceptors (Lipinski definition) is 7. The van der Waals surface area contributed by atoms with Gasteiger partial charge < -0.3 is 9.47 Å². The van der Waals surface area contributed by atoms with E-state index in [2.05, 4.69) is 0 Å². The van der Waals surface area contributed by atoms with Crippen molar-refractivity contribution < 1.29 is 19.2 Å². The molecule has 0 radical (unpaired) electrons. The number of benzene rings is 3. The molecule has 1 aliphatic rings. The van der Waals surface area contributed by atoms with Crippen LogP contribution in [0, 0.1) is 10.1 Å². The van der Waals surface area contributed by atoms with E-state index >= 15 is 0 Å². The molecular formula is C25H18Cl2N2O5S2. The minimum Gasteiger partial charge on any atom is -0.490 e. The Balaban J connectivity index is 1.60. The first-order chi connectivity index (χ1) is 17.3. The van der Waals surface area contributed by atoms with E-state index in [1.165, 1.54) is 23.1 Å². The standard InChI is InChI=1S/C25H18Cl2N2O5S2/c1-2-33-21-11-16(10-20(27)23(21)34-14-15-6-8-17(26)9-7-15)12-22-24(30)28(25(35)36-22)18-4-3-5-19(13-18)29(31)32/h3-13H,2,14H2,1H3/b22-12-. The largest absolute Gasteiger partial charge is 0.490 e. The van der Waals surface area contributed by atoms with Gasteiger partial charge in [-0.1, -0.05) is 65.4 Å². The number of amides is 1. The maximum Gasteiger partial charge on any atom is 0.271 e. The van der Waals surface area contributed by atoms with Crippen LogP contribution in [-0.2, 0) is 11.4 Å². The van der Waals surface area contributed by atoms with Crippen molar-refractivity contribution in [1.82, 2.24) is 0 Å². The van der Waals surface area contributed by atoms with E-state index in [0.29, 0.717) is 44.3 Å². The van der Waals surface area contributed by atoms with Crippen LogP contribution in [0.2, 0.25) is 10.0 Å². The zero-order valence-electron chi connectivity index (χ0n) is 18.8. The number of rotatable bonds is 8. The highest BCUT2D eigenvalue weighted by Crippen LogP contribution is 2.41. The van der Waals surface area contributed by atoms with Crippen LogP contribution in [0.5, 0.6) is 11.5 Å². The zero-order valence-corrected chi connectivity index (χ0v) is 21.9. The third-order valence-electron chi connectivity index (χ3n) is 5.02. The van der Waals surface area contributed by atoms with E-state index < -0.39 is 4.92 Å². The molecule has 3 aromatic carbocycles. The third kappa shape index (κ3) is 5.82. The van der Waals surface area contributed by atoms with E-state index in [0.717, 1.165) is 17.3 Å². The molecular weight excluding hydrogens is 543 g/mol. The van der Waals surface area contributed by atoms with Crippen LogP contribution in [0.15, 0.2) is 65.6 Å². The van der Waals surface area contributed by atoms with Gasteiger partial charge in [-0.15, -0.1) is 0 Å². The average molecular weight is 561 g/mol. The average Bonchev–Trinajstić information content (AvgIpc) is 3.12. The maximum absolute atomic E-state index is 13.1. The van der Waals surface area contributed by atoms with Crippen LogP contribution < -0.4 is 14.4 Å². The normalized spacial score (nSPS) is 14.4. The van der Waals surface area contributed by atoms with Gasteiger partial charge in [0.2, 0.25) is 0 Å². The van der Waals surface area contributed by atoms with Crippen molar-refractivity contribution in [3.8, 4) is 11.5 Å². The highest BCUT2D eigenvalue weighted by atomic mass is 35.5. The quantitative estimate of drug-likeness (QED) is 0.124. The summed E-state index contributed by atoms with van der Waals surface area (Å²) in [7, 11) is 0. The number of carbonyl (C=O) groups is 1. The molecule has 1 fully saturated rings. The first-order valence-electron chi connectivity index (χ1n) is 10.6. The summed E-state index contributed by atoms with van der Waals surface area (Å²) in [5.41, 5.74) is 1.72. The van der Waals surface area contributed by atoms with Gasteiger partial charge in [0.25, 0.3) is 11.6 Å². The molecule has 0 unspecified atom stereocenters. The van der Waals surface area contributed by atoms with Crippen molar-refractivity contribution in [2.75, 3.05) is 11.5 Å². The minimum absolute atomic E-state index is 0.132. The second-order valence-corrected chi connectivity index (χ2v) is 9.99. The van der Waals surface area contributed by atoms with Crippen molar-refractivity contribution in [3.05, 3.63) is 96.9 Å². The molecule has 0 saturated carbocycles. The highest BCUT2D eigenvalue weighted by Gasteiger charge is 2.34. The predicted molar refractivity (Wildman–Crippen MR) is 147 cm³/mol. The fourth-order valence-electron chi connectivity index (χ4n) is 3.40. The number of hydrogen-bond donors (Lipinski definition) is 0. The molecule has 0 spiro atoms. The number of ether oxygens (including phenoxy) is 2. The Labute approximate surface area is 226 Å². The summed E-state index contributed by atoms with van der Waals surface area (Å²) in [4.78, 5) is 25.4. The van der Waals surface area contributed by atoms with Gasteiger partial charge in [0, 0.05) is 17.2 Å². The summed E-state index contributed by atoms with van der Waals surface area (Å²) in [6, 6.07) is 16.4. The van der Waals surface area contributed by atoms with E-state index in [1.54, 1.807) is 36.4 Å². The van der Waals surface area contributed by atoms with Crippen LogP contribution >= 0.6 is 47.2 Å². The zero-order chi connectivity index (χ0) is 25.8. The molecule has 1 aliphatic heterocycles. The summed E-state index contributed by atoms with van der Waals surface area (Å²) in [5.74, 6) is 0.428. The van der Waals surface area contributed by atoms with E-state index in [1.807, 2.05) is 19.1 Å². The van der Waals surface area contributed by atoms with E-state index in [9.17, 15) is 14.9 Å². The molecule has 36 heavy (non-hydrogen) atoms. The van der Waals surface area contributed by atoms with Crippen molar-refractivity contribution in [2.24, 2.45) is 0 Å². The molecule has 0 atom stereocenters. The first-order valence-corrected chi connectivity index (χ1v) is 12.6. The lowest BCUT2D eigenvalue weighted by molar-refractivity contribution is -0.384. The van der Waals surface area contributed by atoms with E-state index in [-0.39, 0.29) is 22.5 Å². The van der Waals surface area contributed by atoms with Crippen LogP contribution in [0.3, 0.4) is 0 Å². The van der Waals surface area contributed by atoms with Crippen LogP contribution in [0.4, 0.5) is 11.4 Å². The van der Waals surface area contributed by atoms with Crippen LogP contribution in [-0.4, -0.2) is 21.8 Å². The van der Waals surface area contributed by atoms with Crippen molar-refractivity contribution >= 4 is 74.9 Å². The van der Waals surface area contributed by atoms with Gasteiger partial charge in [0.05, 0.1) is 27.1 Å². The summed E-state index contributed by atoms with van der Waals surface area (Å²) in [6.45, 7) is 2.48. The number of non-ortho nitro benzene ring substituents is 1. The predicted octanol–water partition coefficient (Wildman–Crippen LogP) is 7.29. The number of anilines is 1. The van der Waals surface area contributed by atoms with Gasteiger partial charge >= 0.3 is 0 Å². The SMILES string of the molecule is CCOc1cc(/C=C2\SC(=S)N(c3cccc([N+](=O)[O-])c3)C2=O)cc(Cl)c1OCc1ccc(Cl)cc1. The maximum atomic E-state index is 13.1. The Kier molecular flexibility index (Phi) is 8.15. The smallest absolute Gasteiger partial charge is 0.271 e. The molecule has 184 valence electrons. The Bertz CT molecular complexity index is 1380. The van der Waals surface area contributed by atoms with Gasteiger partial charge in [0.15, 0.2) is 15.8 Å². The number of nitro benzene ring substituents is 1. The van der Waals surface area contributed by atoms with Gasteiger partial charge in [-0.2, -0.15) is 0 Å². The fourth-order valence-corrected chi connectivity index (χ4v) is 5.10. The molecule has 3 aromatic rings. The first kappa shape index (κ1) is 26.0. The molecule has 4 rings (SSSR count). The Morgan fingerprint density at radius 1 is 1.11 bits per heavy atom. The Morgan fingerprint density at radius 3 is 2.56 bits per heavy atom. The number of nitrogens with zero attached hydrogens (tertiary/aromatic N) is 2. The number of nitro groups is 1. The number of thiocarbonyl (C=S) groups is 1. The topological polar surface area (TPSA) is 81.9 Å². The lowest BCUT2D eigenvalue weighted by atomic mass is 10.1. The lowest BCUT2D eigenvalue weighted by Crippen LogP contribution is -2.27. The van der Waals surface area contributed by atoms with Crippen LogP contribution in [0.25, 0.3) is 6.08 Å². The number of carbonyl (C=O) groups excluding carboxylic acids is 1. The fraction of sp³-hybridized carbons (Fsp3) is 0.120. The summed E-state index contributed by atoms with van der Waals surface area (Å²) in [5, 5.41) is 12.1. The molecule has 0 bridgehead atoms. The van der Waals surface area contributed by atoms with Crippen molar-refractivity contribution in [3.63, 3.8) is 0 Å². The van der Waals surface area contributed by atoms with Gasteiger partial charge in [0.1, 0.15) is 6.61 Å². The Morgan fingerprint density at radius 2 is 1.86 bits per heavy atom. The molecule has 7 nitrogen and oxygen atoms in total. The highest BCUT2D eigenvalue weighted by molar-refractivity contribution is 8.27. The van der Waals surface area contributed by atoms with Gasteiger partial charge in [-0.3, -0.25) is 19.8 Å².